The van der Waals surface area contributed by atoms with Crippen LogP contribution in [0, 0.1) is 11.3 Å². The van der Waals surface area contributed by atoms with Gasteiger partial charge in [0.1, 0.15) is 16.8 Å². The van der Waals surface area contributed by atoms with Gasteiger partial charge in [0, 0.05) is 4.88 Å². The van der Waals surface area contributed by atoms with E-state index in [1.54, 1.807) is 30.3 Å². The summed E-state index contributed by atoms with van der Waals surface area (Å²) in [6.45, 7) is 0. The van der Waals surface area contributed by atoms with Crippen LogP contribution in [0.5, 0.6) is 5.75 Å². The Labute approximate surface area is 190 Å². The molecule has 164 valence electrons. The summed E-state index contributed by atoms with van der Waals surface area (Å²) in [5.41, 5.74) is 1.85. The molecule has 32 heavy (non-hydrogen) atoms. The molecule has 2 aromatic carbocycles. The average molecular weight is 468 g/mol. The van der Waals surface area contributed by atoms with Gasteiger partial charge >= 0.3 is 0 Å². The number of anilines is 2. The van der Waals surface area contributed by atoms with Gasteiger partial charge in [0.25, 0.3) is 15.9 Å². The third-order valence-corrected chi connectivity index (χ3v) is 7.88. The van der Waals surface area contributed by atoms with Gasteiger partial charge in [0.05, 0.1) is 28.8 Å². The second-order valence-electron chi connectivity index (χ2n) is 7.31. The van der Waals surface area contributed by atoms with Crippen molar-refractivity contribution >= 4 is 38.0 Å². The molecule has 1 aromatic heterocycles. The van der Waals surface area contributed by atoms with Crippen LogP contribution >= 0.6 is 11.3 Å². The Morgan fingerprint density at radius 3 is 2.53 bits per heavy atom. The molecule has 0 bridgehead atoms. The van der Waals surface area contributed by atoms with Crippen molar-refractivity contribution in [2.75, 3.05) is 17.1 Å². The first-order valence-electron chi connectivity index (χ1n) is 10.0. The van der Waals surface area contributed by atoms with Gasteiger partial charge in [-0.15, -0.1) is 11.3 Å². The van der Waals surface area contributed by atoms with E-state index in [-0.39, 0.29) is 16.1 Å². The molecule has 1 aliphatic rings. The van der Waals surface area contributed by atoms with E-state index < -0.39 is 15.9 Å². The Morgan fingerprint density at radius 1 is 1.09 bits per heavy atom. The predicted octanol–water partition coefficient (Wildman–Crippen LogP) is 4.56. The molecule has 4 rings (SSSR count). The molecular formula is C23H21N3O4S2. The maximum atomic E-state index is 13.1. The zero-order valence-corrected chi connectivity index (χ0v) is 19.0. The van der Waals surface area contributed by atoms with Crippen molar-refractivity contribution in [3.05, 3.63) is 70.1 Å². The van der Waals surface area contributed by atoms with Crippen molar-refractivity contribution < 1.29 is 17.9 Å². The summed E-state index contributed by atoms with van der Waals surface area (Å²) in [6.07, 6.45) is 3.84. The molecule has 9 heteroatoms. The van der Waals surface area contributed by atoms with Crippen LogP contribution in [0.25, 0.3) is 0 Å². The molecule has 1 aliphatic carbocycles. The van der Waals surface area contributed by atoms with Crippen molar-refractivity contribution in [3.8, 4) is 11.8 Å². The molecular weight excluding hydrogens is 446 g/mol. The normalized spacial score (nSPS) is 13.0. The van der Waals surface area contributed by atoms with Crippen LogP contribution in [0.2, 0.25) is 0 Å². The van der Waals surface area contributed by atoms with Crippen LogP contribution in [0.4, 0.5) is 10.7 Å². The zero-order chi connectivity index (χ0) is 22.7. The number of nitriles is 1. The van der Waals surface area contributed by atoms with Crippen LogP contribution in [-0.4, -0.2) is 21.4 Å². The van der Waals surface area contributed by atoms with Gasteiger partial charge in [-0.3, -0.25) is 9.52 Å². The molecule has 0 fully saturated rings. The van der Waals surface area contributed by atoms with Crippen LogP contribution in [0.1, 0.15) is 39.2 Å². The van der Waals surface area contributed by atoms with Gasteiger partial charge < -0.3 is 10.1 Å². The third-order valence-electron chi connectivity index (χ3n) is 5.30. The molecule has 0 aliphatic heterocycles. The molecule has 0 unspecified atom stereocenters. The molecule has 1 heterocycles. The van der Waals surface area contributed by atoms with Crippen molar-refractivity contribution in [3.63, 3.8) is 0 Å². The lowest BCUT2D eigenvalue weighted by Gasteiger charge is -2.13. The second-order valence-corrected chi connectivity index (χ2v) is 10.1. The minimum Gasteiger partial charge on any atom is -0.497 e. The molecule has 0 saturated heterocycles. The summed E-state index contributed by atoms with van der Waals surface area (Å²) in [7, 11) is -2.42. The SMILES string of the molecule is COc1ccc(S(=O)(=O)Nc2ccccc2C(=O)Nc2sc3c(c2C#N)CCCC3)cc1. The predicted molar refractivity (Wildman–Crippen MR) is 124 cm³/mol. The van der Waals surface area contributed by atoms with E-state index in [0.29, 0.717) is 16.3 Å². The van der Waals surface area contributed by atoms with E-state index >= 15 is 0 Å². The summed E-state index contributed by atoms with van der Waals surface area (Å²) >= 11 is 1.42. The van der Waals surface area contributed by atoms with E-state index in [1.165, 1.54) is 36.6 Å². The number of carbonyl (C=O) groups excluding carboxylic acids is 1. The number of hydrogen-bond acceptors (Lipinski definition) is 6. The summed E-state index contributed by atoms with van der Waals surface area (Å²) < 4.78 is 33.2. The number of carbonyl (C=O) groups is 1. The van der Waals surface area contributed by atoms with E-state index in [4.69, 9.17) is 4.74 Å². The Balaban J connectivity index is 1.60. The summed E-state index contributed by atoms with van der Waals surface area (Å²) in [5.74, 6) is 0.0591. The van der Waals surface area contributed by atoms with Crippen molar-refractivity contribution in [2.45, 2.75) is 30.6 Å². The first-order chi connectivity index (χ1) is 15.4. The number of ether oxygens (including phenoxy) is 1. The Hall–Kier alpha value is -3.35. The molecule has 0 atom stereocenters. The number of fused-ring (bicyclic) bond motifs is 1. The summed E-state index contributed by atoms with van der Waals surface area (Å²) in [5, 5.41) is 13.0. The first-order valence-corrected chi connectivity index (χ1v) is 12.3. The first kappa shape index (κ1) is 21.9. The molecule has 2 N–H and O–H groups in total. The van der Waals surface area contributed by atoms with Gasteiger partial charge in [0.15, 0.2) is 0 Å². The fourth-order valence-electron chi connectivity index (χ4n) is 3.67. The molecule has 3 aromatic rings. The molecule has 0 saturated carbocycles. The zero-order valence-electron chi connectivity index (χ0n) is 17.3. The van der Waals surface area contributed by atoms with Crippen LogP contribution < -0.4 is 14.8 Å². The number of nitrogens with zero attached hydrogens (tertiary/aromatic N) is 1. The van der Waals surface area contributed by atoms with E-state index in [2.05, 4.69) is 16.1 Å². The van der Waals surface area contributed by atoms with E-state index in [1.807, 2.05) is 0 Å². The van der Waals surface area contributed by atoms with Crippen LogP contribution in [0.15, 0.2) is 53.4 Å². The van der Waals surface area contributed by atoms with Gasteiger partial charge in [-0.1, -0.05) is 12.1 Å². The second kappa shape index (κ2) is 9.02. The van der Waals surface area contributed by atoms with E-state index in [9.17, 15) is 18.5 Å². The lowest BCUT2D eigenvalue weighted by atomic mass is 9.96. The highest BCUT2D eigenvalue weighted by Gasteiger charge is 2.24. The lowest BCUT2D eigenvalue weighted by Crippen LogP contribution is -2.18. The van der Waals surface area contributed by atoms with Crippen LogP contribution in [-0.2, 0) is 22.9 Å². The number of benzene rings is 2. The number of rotatable bonds is 6. The van der Waals surface area contributed by atoms with Crippen LogP contribution in [0.3, 0.4) is 0 Å². The highest BCUT2D eigenvalue weighted by Crippen LogP contribution is 2.38. The van der Waals surface area contributed by atoms with Crippen molar-refractivity contribution in [1.82, 2.24) is 0 Å². The summed E-state index contributed by atoms with van der Waals surface area (Å²) in [4.78, 5) is 14.2. The number of amides is 1. The number of hydrogen-bond donors (Lipinski definition) is 2. The Bertz CT molecular complexity index is 1310. The monoisotopic (exact) mass is 467 g/mol. The molecule has 0 radical (unpaired) electrons. The topological polar surface area (TPSA) is 108 Å². The number of para-hydroxylation sites is 1. The van der Waals surface area contributed by atoms with Crippen molar-refractivity contribution in [1.29, 1.82) is 5.26 Å². The van der Waals surface area contributed by atoms with Gasteiger partial charge in [-0.05, 0) is 67.6 Å². The van der Waals surface area contributed by atoms with Gasteiger partial charge in [-0.2, -0.15) is 5.26 Å². The quantitative estimate of drug-likeness (QED) is 0.552. The Kier molecular flexibility index (Phi) is 6.17. The van der Waals surface area contributed by atoms with E-state index in [0.717, 1.165) is 36.1 Å². The number of nitrogens with one attached hydrogen (secondary N) is 2. The van der Waals surface area contributed by atoms with Gasteiger partial charge in [-0.25, -0.2) is 8.42 Å². The highest BCUT2D eigenvalue weighted by atomic mass is 32.2. The minimum absolute atomic E-state index is 0.0474. The maximum absolute atomic E-state index is 13.1. The fraction of sp³-hybridized carbons (Fsp3) is 0.217. The third kappa shape index (κ3) is 4.33. The smallest absolute Gasteiger partial charge is 0.261 e. The number of methoxy groups -OCH3 is 1. The largest absolute Gasteiger partial charge is 0.497 e. The fourth-order valence-corrected chi connectivity index (χ4v) is 5.99. The maximum Gasteiger partial charge on any atom is 0.261 e. The molecule has 1 amide bonds. The minimum atomic E-state index is -3.92. The highest BCUT2D eigenvalue weighted by molar-refractivity contribution is 7.92. The number of thiophene rings is 1. The van der Waals surface area contributed by atoms with Gasteiger partial charge in [0.2, 0.25) is 0 Å². The lowest BCUT2D eigenvalue weighted by molar-refractivity contribution is 0.102. The number of aryl methyl sites for hydroxylation is 1. The standard InChI is InChI=1S/C23H21N3O4S2/c1-30-15-10-12-16(13-11-15)32(28,29)26-20-8-4-2-7-18(20)22(27)25-23-19(14-24)17-6-3-5-9-21(17)31-23/h2,4,7-8,10-13,26H,3,5-6,9H2,1H3,(H,25,27). The van der Waals surface area contributed by atoms with Crippen molar-refractivity contribution in [2.24, 2.45) is 0 Å². The Morgan fingerprint density at radius 2 is 1.81 bits per heavy atom. The molecule has 7 nitrogen and oxygen atoms in total. The average Bonchev–Trinajstić information content (AvgIpc) is 3.16. The molecule has 0 spiro atoms. The number of sulfonamides is 1. The summed E-state index contributed by atoms with van der Waals surface area (Å²) in [6, 6.07) is 14.6.